The van der Waals surface area contributed by atoms with E-state index in [9.17, 15) is 9.90 Å². The molecule has 0 saturated carbocycles. The third kappa shape index (κ3) is 4.03. The number of carbonyl (C=O) groups is 1. The van der Waals surface area contributed by atoms with Gasteiger partial charge in [0.15, 0.2) is 17.6 Å². The Morgan fingerprint density at radius 1 is 1.09 bits per heavy atom. The molecule has 2 aromatic carbocycles. The first-order valence-electron chi connectivity index (χ1n) is 7.51. The number of benzene rings is 2. The summed E-state index contributed by atoms with van der Waals surface area (Å²) in [5.41, 5.74) is 4.34. The molecule has 1 N–H and O–H groups in total. The first-order valence-corrected chi connectivity index (χ1v) is 7.51. The van der Waals surface area contributed by atoms with Gasteiger partial charge in [0.2, 0.25) is 0 Å². The van der Waals surface area contributed by atoms with Gasteiger partial charge in [-0.25, -0.2) is 4.79 Å². The largest absolute Gasteiger partial charge is 0.493 e. The van der Waals surface area contributed by atoms with Gasteiger partial charge in [0.1, 0.15) is 0 Å². The van der Waals surface area contributed by atoms with Gasteiger partial charge in [0.25, 0.3) is 0 Å². The zero-order valence-corrected chi connectivity index (χ0v) is 13.9. The van der Waals surface area contributed by atoms with Crippen molar-refractivity contribution in [1.82, 2.24) is 0 Å². The fourth-order valence-electron chi connectivity index (χ4n) is 2.77. The smallest absolute Gasteiger partial charge is 0.345 e. The van der Waals surface area contributed by atoms with E-state index in [-0.39, 0.29) is 0 Å². The molecule has 0 unspecified atom stereocenters. The summed E-state index contributed by atoms with van der Waals surface area (Å²) in [6, 6.07) is 11.2. The summed E-state index contributed by atoms with van der Waals surface area (Å²) < 4.78 is 10.9. The lowest BCUT2D eigenvalue weighted by Gasteiger charge is -2.19. The normalized spacial score (nSPS) is 11.8. The van der Waals surface area contributed by atoms with Crippen LogP contribution in [0.4, 0.5) is 0 Å². The van der Waals surface area contributed by atoms with Gasteiger partial charge < -0.3 is 14.6 Å². The second-order valence-corrected chi connectivity index (χ2v) is 5.68. The number of methoxy groups -OCH3 is 1. The Kier molecular flexibility index (Phi) is 5.27. The highest BCUT2D eigenvalue weighted by Crippen LogP contribution is 2.28. The topological polar surface area (TPSA) is 55.8 Å². The number of aryl methyl sites for hydroxylation is 3. The number of carboxylic acids is 1. The van der Waals surface area contributed by atoms with Gasteiger partial charge in [-0.05, 0) is 49.6 Å². The lowest BCUT2D eigenvalue weighted by atomic mass is 9.95. The first kappa shape index (κ1) is 16.9. The number of hydrogen-bond acceptors (Lipinski definition) is 3. The molecule has 0 saturated heterocycles. The van der Waals surface area contributed by atoms with Gasteiger partial charge in [0.05, 0.1) is 7.11 Å². The van der Waals surface area contributed by atoms with Gasteiger partial charge in [0, 0.05) is 6.42 Å². The number of rotatable bonds is 6. The van der Waals surface area contributed by atoms with Crippen LogP contribution in [0.3, 0.4) is 0 Å². The summed E-state index contributed by atoms with van der Waals surface area (Å²) in [6.07, 6.45) is -0.655. The Hall–Kier alpha value is -2.49. The molecule has 0 radical (unpaired) electrons. The van der Waals surface area contributed by atoms with Crippen LogP contribution in [0, 0.1) is 20.8 Å². The summed E-state index contributed by atoms with van der Waals surface area (Å²) in [6.45, 7) is 6.03. The molecule has 2 rings (SSSR count). The van der Waals surface area contributed by atoms with E-state index in [1.807, 2.05) is 26.8 Å². The van der Waals surface area contributed by atoms with Crippen molar-refractivity contribution in [2.24, 2.45) is 0 Å². The van der Waals surface area contributed by atoms with Crippen LogP contribution in [0.5, 0.6) is 11.5 Å². The van der Waals surface area contributed by atoms with E-state index >= 15 is 0 Å². The lowest BCUT2D eigenvalue weighted by Crippen LogP contribution is -2.30. The highest BCUT2D eigenvalue weighted by atomic mass is 16.5. The first-order chi connectivity index (χ1) is 10.9. The Morgan fingerprint density at radius 3 is 2.17 bits per heavy atom. The van der Waals surface area contributed by atoms with Crippen LogP contribution in [0.25, 0.3) is 0 Å². The number of carboxylic acid groups (broad SMARTS) is 1. The average Bonchev–Trinajstić information content (AvgIpc) is 2.49. The maximum Gasteiger partial charge on any atom is 0.345 e. The molecule has 2 aromatic rings. The molecule has 122 valence electrons. The lowest BCUT2D eigenvalue weighted by molar-refractivity contribution is -0.145. The summed E-state index contributed by atoms with van der Waals surface area (Å²) in [5, 5.41) is 9.53. The van der Waals surface area contributed by atoms with E-state index in [0.29, 0.717) is 17.9 Å². The second kappa shape index (κ2) is 7.18. The Bertz CT molecular complexity index is 683. The van der Waals surface area contributed by atoms with Crippen LogP contribution in [0.2, 0.25) is 0 Å². The molecule has 0 amide bonds. The zero-order chi connectivity index (χ0) is 17.0. The molecule has 0 heterocycles. The van der Waals surface area contributed by atoms with Crippen molar-refractivity contribution in [3.8, 4) is 11.5 Å². The maximum absolute atomic E-state index is 11.6. The van der Waals surface area contributed by atoms with Crippen molar-refractivity contribution in [2.45, 2.75) is 33.3 Å². The molecule has 0 bridgehead atoms. The van der Waals surface area contributed by atoms with Crippen LogP contribution < -0.4 is 9.47 Å². The van der Waals surface area contributed by atoms with E-state index in [1.165, 1.54) is 12.7 Å². The van der Waals surface area contributed by atoms with Crippen LogP contribution in [-0.4, -0.2) is 24.3 Å². The Labute approximate surface area is 136 Å². The molecule has 4 heteroatoms. The van der Waals surface area contributed by atoms with Crippen LogP contribution in [0.15, 0.2) is 36.4 Å². The molecule has 1 atom stereocenters. The van der Waals surface area contributed by atoms with Crippen molar-refractivity contribution >= 4 is 5.97 Å². The van der Waals surface area contributed by atoms with Crippen LogP contribution >= 0.6 is 0 Å². The third-order valence-corrected chi connectivity index (χ3v) is 3.84. The minimum atomic E-state index is -0.990. The van der Waals surface area contributed by atoms with E-state index in [2.05, 4.69) is 12.1 Å². The summed E-state index contributed by atoms with van der Waals surface area (Å²) in [7, 11) is 1.53. The van der Waals surface area contributed by atoms with E-state index < -0.39 is 12.1 Å². The predicted molar refractivity (Wildman–Crippen MR) is 89.4 cm³/mol. The summed E-state index contributed by atoms with van der Waals surface area (Å²) in [5.74, 6) is -0.0313. The molecule has 0 aliphatic carbocycles. The molecule has 23 heavy (non-hydrogen) atoms. The van der Waals surface area contributed by atoms with Crippen molar-refractivity contribution in [3.63, 3.8) is 0 Å². The third-order valence-electron chi connectivity index (χ3n) is 3.84. The monoisotopic (exact) mass is 314 g/mol. The Morgan fingerprint density at radius 2 is 1.65 bits per heavy atom. The van der Waals surface area contributed by atoms with E-state index in [1.54, 1.807) is 18.2 Å². The maximum atomic E-state index is 11.6. The average molecular weight is 314 g/mol. The molecule has 0 aliphatic rings. The van der Waals surface area contributed by atoms with E-state index in [4.69, 9.17) is 9.47 Å². The SMILES string of the molecule is COc1ccccc1O[C@@H](Cc1c(C)cc(C)cc1C)C(=O)O. The summed E-state index contributed by atoms with van der Waals surface area (Å²) >= 11 is 0. The molecule has 0 aromatic heterocycles. The molecule has 0 aliphatic heterocycles. The zero-order valence-electron chi connectivity index (χ0n) is 13.9. The minimum Gasteiger partial charge on any atom is -0.493 e. The number of hydrogen-bond donors (Lipinski definition) is 1. The van der Waals surface area contributed by atoms with Gasteiger partial charge >= 0.3 is 5.97 Å². The molecule has 0 spiro atoms. The van der Waals surface area contributed by atoms with Crippen molar-refractivity contribution in [1.29, 1.82) is 0 Å². The number of ether oxygens (including phenoxy) is 2. The van der Waals surface area contributed by atoms with Gasteiger partial charge in [-0.2, -0.15) is 0 Å². The Balaban J connectivity index is 2.28. The number of para-hydroxylation sites is 2. The second-order valence-electron chi connectivity index (χ2n) is 5.68. The highest BCUT2D eigenvalue weighted by molar-refractivity contribution is 5.73. The molecular weight excluding hydrogens is 292 g/mol. The molecule has 0 fully saturated rings. The van der Waals surface area contributed by atoms with E-state index in [0.717, 1.165) is 16.7 Å². The van der Waals surface area contributed by atoms with Crippen LogP contribution in [-0.2, 0) is 11.2 Å². The fraction of sp³-hybridized carbons (Fsp3) is 0.316. The van der Waals surface area contributed by atoms with Gasteiger partial charge in [-0.1, -0.05) is 29.8 Å². The van der Waals surface area contributed by atoms with Gasteiger partial charge in [-0.3, -0.25) is 0 Å². The predicted octanol–water partition coefficient (Wildman–Crippen LogP) is 3.70. The summed E-state index contributed by atoms with van der Waals surface area (Å²) in [4.78, 5) is 11.6. The fourth-order valence-corrected chi connectivity index (χ4v) is 2.77. The van der Waals surface area contributed by atoms with Crippen molar-refractivity contribution in [2.75, 3.05) is 7.11 Å². The van der Waals surface area contributed by atoms with Crippen LogP contribution in [0.1, 0.15) is 22.3 Å². The molecular formula is C19H22O4. The minimum absolute atomic E-state index is 0.311. The highest BCUT2D eigenvalue weighted by Gasteiger charge is 2.23. The quantitative estimate of drug-likeness (QED) is 0.883. The number of aliphatic carboxylic acids is 1. The van der Waals surface area contributed by atoms with Gasteiger partial charge in [-0.15, -0.1) is 0 Å². The standard InChI is InChI=1S/C19H22O4/c1-12-9-13(2)15(14(3)10-12)11-18(19(20)21)23-17-8-6-5-7-16(17)22-4/h5-10,18H,11H2,1-4H3,(H,20,21)/t18-/m0/s1. The van der Waals surface area contributed by atoms with Crippen molar-refractivity contribution in [3.05, 3.63) is 58.7 Å². The van der Waals surface area contributed by atoms with Crippen molar-refractivity contribution < 1.29 is 19.4 Å². The molecule has 4 nitrogen and oxygen atoms in total.